The summed E-state index contributed by atoms with van der Waals surface area (Å²) in [5.41, 5.74) is 2.05. The van der Waals surface area contributed by atoms with Gasteiger partial charge in [0.15, 0.2) is 0 Å². The second-order valence-corrected chi connectivity index (χ2v) is 7.93. The maximum Gasteiger partial charge on any atom is 0.225 e. The van der Waals surface area contributed by atoms with Crippen LogP contribution in [0, 0.1) is 5.82 Å². The molecule has 4 rings (SSSR count). The van der Waals surface area contributed by atoms with Gasteiger partial charge in [-0.25, -0.2) is 19.3 Å². The summed E-state index contributed by atoms with van der Waals surface area (Å²) in [5, 5.41) is 0. The number of anilines is 1. The molecule has 0 aliphatic carbocycles. The van der Waals surface area contributed by atoms with E-state index in [-0.39, 0.29) is 5.82 Å². The zero-order chi connectivity index (χ0) is 20.6. The predicted octanol–water partition coefficient (Wildman–Crippen LogP) is 3.90. The van der Waals surface area contributed by atoms with Gasteiger partial charge in [-0.3, -0.25) is 4.90 Å². The van der Waals surface area contributed by atoms with E-state index in [1.54, 1.807) is 18.3 Å². The monoisotopic (exact) mass is 408 g/mol. The smallest absolute Gasteiger partial charge is 0.225 e. The van der Waals surface area contributed by atoms with Gasteiger partial charge in [-0.05, 0) is 43.4 Å². The Bertz CT molecular complexity index is 890. The fourth-order valence-corrected chi connectivity index (χ4v) is 3.95. The van der Waals surface area contributed by atoms with Crippen molar-refractivity contribution in [3.63, 3.8) is 0 Å². The van der Waals surface area contributed by atoms with Gasteiger partial charge in [0.05, 0.1) is 6.33 Å². The molecule has 1 fully saturated rings. The van der Waals surface area contributed by atoms with Crippen LogP contribution < -0.4 is 4.90 Å². The summed E-state index contributed by atoms with van der Waals surface area (Å²) in [6, 6.07) is 6.84. The maximum atomic E-state index is 13.7. The van der Waals surface area contributed by atoms with E-state index >= 15 is 0 Å². The molecule has 0 radical (unpaired) electrons. The van der Waals surface area contributed by atoms with E-state index < -0.39 is 0 Å². The summed E-state index contributed by atoms with van der Waals surface area (Å²) in [7, 11) is 0. The summed E-state index contributed by atoms with van der Waals surface area (Å²) >= 11 is 0. The number of halogens is 1. The number of rotatable bonds is 9. The zero-order valence-electron chi connectivity index (χ0n) is 17.3. The van der Waals surface area contributed by atoms with Gasteiger partial charge in [-0.15, -0.1) is 0 Å². The van der Waals surface area contributed by atoms with Crippen LogP contribution in [0.25, 0.3) is 0 Å². The van der Waals surface area contributed by atoms with Crippen LogP contribution in [0.1, 0.15) is 36.8 Å². The average Bonchev–Trinajstić information content (AvgIpc) is 3.28. The van der Waals surface area contributed by atoms with Crippen molar-refractivity contribution in [3.05, 3.63) is 72.3 Å². The molecule has 0 N–H and O–H groups in total. The Kier molecular flexibility index (Phi) is 7.03. The van der Waals surface area contributed by atoms with Crippen molar-refractivity contribution < 1.29 is 4.39 Å². The first-order valence-electron chi connectivity index (χ1n) is 10.7. The Morgan fingerprint density at radius 2 is 1.80 bits per heavy atom. The Hall–Kier alpha value is -2.80. The van der Waals surface area contributed by atoms with Crippen LogP contribution in [0.4, 0.5) is 10.3 Å². The number of hydrogen-bond acceptors (Lipinski definition) is 5. The number of imidazole rings is 1. The molecule has 0 unspecified atom stereocenters. The van der Waals surface area contributed by atoms with E-state index in [2.05, 4.69) is 29.3 Å². The highest BCUT2D eigenvalue weighted by Gasteiger charge is 2.14. The molecular weight excluding hydrogens is 379 g/mol. The van der Waals surface area contributed by atoms with Crippen molar-refractivity contribution >= 4 is 5.95 Å². The number of aromatic nitrogens is 4. The summed E-state index contributed by atoms with van der Waals surface area (Å²) in [5.74, 6) is 0.635. The standard InChI is InChI=1S/C23H29FN6/c24-22-7-4-6-20(14-22)17-29(10-5-9-28-13-8-25-19-28)18-21-15-26-23(27-16-21)30-11-2-1-3-12-30/h4,6-8,13-16,19H,1-3,5,9-12,17-18H2. The molecule has 0 bridgehead atoms. The molecule has 6 nitrogen and oxygen atoms in total. The molecule has 0 spiro atoms. The highest BCUT2D eigenvalue weighted by Crippen LogP contribution is 2.16. The van der Waals surface area contributed by atoms with Crippen molar-refractivity contribution in [3.8, 4) is 0 Å². The summed E-state index contributed by atoms with van der Waals surface area (Å²) in [6.07, 6.45) is 14.2. The van der Waals surface area contributed by atoms with Gasteiger partial charge in [0.2, 0.25) is 5.95 Å². The highest BCUT2D eigenvalue weighted by atomic mass is 19.1. The molecule has 0 amide bonds. The first-order valence-corrected chi connectivity index (χ1v) is 10.7. The molecule has 3 heterocycles. The van der Waals surface area contributed by atoms with E-state index in [1.165, 1.54) is 25.3 Å². The first kappa shape index (κ1) is 20.5. The van der Waals surface area contributed by atoms with E-state index in [9.17, 15) is 4.39 Å². The summed E-state index contributed by atoms with van der Waals surface area (Å²) < 4.78 is 15.7. The van der Waals surface area contributed by atoms with Crippen molar-refractivity contribution in [2.24, 2.45) is 0 Å². The molecule has 2 aromatic heterocycles. The van der Waals surface area contributed by atoms with Gasteiger partial charge < -0.3 is 9.47 Å². The zero-order valence-corrected chi connectivity index (χ0v) is 17.3. The number of hydrogen-bond donors (Lipinski definition) is 0. The van der Waals surface area contributed by atoms with Crippen LogP contribution in [0.2, 0.25) is 0 Å². The van der Waals surface area contributed by atoms with Gasteiger partial charge in [0.25, 0.3) is 0 Å². The lowest BCUT2D eigenvalue weighted by atomic mass is 10.1. The van der Waals surface area contributed by atoms with Crippen molar-refractivity contribution in [2.75, 3.05) is 24.5 Å². The first-order chi connectivity index (χ1) is 14.8. The number of nitrogens with zero attached hydrogens (tertiary/aromatic N) is 6. The van der Waals surface area contributed by atoms with Crippen LogP contribution in [0.5, 0.6) is 0 Å². The Morgan fingerprint density at radius 3 is 2.53 bits per heavy atom. The summed E-state index contributed by atoms with van der Waals surface area (Å²) in [4.78, 5) is 17.9. The molecule has 0 saturated carbocycles. The molecule has 1 aromatic carbocycles. The van der Waals surface area contributed by atoms with Gasteiger partial charge in [0.1, 0.15) is 5.82 Å². The Labute approximate surface area is 177 Å². The average molecular weight is 409 g/mol. The largest absolute Gasteiger partial charge is 0.341 e. The van der Waals surface area contributed by atoms with Crippen LogP contribution >= 0.6 is 0 Å². The lowest BCUT2D eigenvalue weighted by Gasteiger charge is -2.27. The maximum absolute atomic E-state index is 13.7. The molecule has 158 valence electrons. The molecule has 1 saturated heterocycles. The number of aryl methyl sites for hydroxylation is 1. The van der Waals surface area contributed by atoms with Gasteiger partial charge in [-0.1, -0.05) is 12.1 Å². The molecule has 30 heavy (non-hydrogen) atoms. The fourth-order valence-electron chi connectivity index (χ4n) is 3.95. The molecule has 3 aromatic rings. The van der Waals surface area contributed by atoms with Crippen LogP contribution in [0.3, 0.4) is 0 Å². The predicted molar refractivity (Wildman–Crippen MR) is 115 cm³/mol. The third-order valence-corrected chi connectivity index (χ3v) is 5.48. The Morgan fingerprint density at radius 1 is 1.00 bits per heavy atom. The second kappa shape index (κ2) is 10.3. The molecule has 0 atom stereocenters. The normalized spacial score (nSPS) is 14.4. The minimum Gasteiger partial charge on any atom is -0.341 e. The van der Waals surface area contributed by atoms with Crippen molar-refractivity contribution in [2.45, 2.75) is 45.3 Å². The second-order valence-electron chi connectivity index (χ2n) is 7.93. The topological polar surface area (TPSA) is 50.1 Å². The minimum absolute atomic E-state index is 0.194. The third-order valence-electron chi connectivity index (χ3n) is 5.48. The SMILES string of the molecule is Fc1cccc(CN(CCCn2ccnc2)Cc2cnc(N3CCCCC3)nc2)c1. The number of benzene rings is 1. The van der Waals surface area contributed by atoms with Crippen LogP contribution in [0.15, 0.2) is 55.4 Å². The Balaban J connectivity index is 1.39. The van der Waals surface area contributed by atoms with E-state index in [1.807, 2.05) is 31.0 Å². The van der Waals surface area contributed by atoms with Crippen LogP contribution in [-0.2, 0) is 19.6 Å². The van der Waals surface area contributed by atoms with Gasteiger partial charge in [-0.2, -0.15) is 0 Å². The van der Waals surface area contributed by atoms with Crippen molar-refractivity contribution in [1.82, 2.24) is 24.4 Å². The minimum atomic E-state index is -0.194. The summed E-state index contributed by atoms with van der Waals surface area (Å²) in [6.45, 7) is 5.31. The van der Waals surface area contributed by atoms with Crippen LogP contribution in [-0.4, -0.2) is 44.1 Å². The van der Waals surface area contributed by atoms with Gasteiger partial charge >= 0.3 is 0 Å². The third kappa shape index (κ3) is 5.86. The van der Waals surface area contributed by atoms with E-state index in [4.69, 9.17) is 0 Å². The van der Waals surface area contributed by atoms with Crippen molar-refractivity contribution in [1.29, 1.82) is 0 Å². The molecular formula is C23H29FN6. The molecule has 1 aliphatic heterocycles. The number of piperidine rings is 1. The lowest BCUT2D eigenvalue weighted by molar-refractivity contribution is 0.247. The quantitative estimate of drug-likeness (QED) is 0.538. The highest BCUT2D eigenvalue weighted by molar-refractivity contribution is 5.30. The van der Waals surface area contributed by atoms with E-state index in [0.717, 1.165) is 56.2 Å². The molecule has 7 heteroatoms. The fraction of sp³-hybridized carbons (Fsp3) is 0.435. The lowest BCUT2D eigenvalue weighted by Crippen LogP contribution is -2.31. The van der Waals surface area contributed by atoms with Gasteiger partial charge in [0, 0.05) is 69.6 Å². The van der Waals surface area contributed by atoms with E-state index in [0.29, 0.717) is 6.54 Å². The molecule has 1 aliphatic rings.